The Balaban J connectivity index is 2.06. The van der Waals surface area contributed by atoms with E-state index in [2.05, 4.69) is 0 Å². The molecule has 0 aliphatic heterocycles. The molecule has 0 bridgehead atoms. The fourth-order valence-electron chi connectivity index (χ4n) is 3.32. The molecule has 0 heterocycles. The second-order valence-corrected chi connectivity index (χ2v) is 6.20. The fourth-order valence-corrected chi connectivity index (χ4v) is 3.32. The Labute approximate surface area is 154 Å². The van der Waals surface area contributed by atoms with Crippen molar-refractivity contribution in [3.05, 3.63) is 92.0 Å². The number of hydrogen-bond donors (Lipinski definition) is 0. The first-order valence-electron chi connectivity index (χ1n) is 8.34. The van der Waals surface area contributed by atoms with Crippen molar-refractivity contribution in [3.63, 3.8) is 0 Å². The van der Waals surface area contributed by atoms with E-state index in [1.807, 2.05) is 42.5 Å². The number of rotatable bonds is 7. The van der Waals surface area contributed by atoms with Crippen LogP contribution in [0.2, 0.25) is 0 Å². The molecule has 136 valence electrons. The topological polar surface area (TPSA) is 103 Å². The van der Waals surface area contributed by atoms with Gasteiger partial charge in [0, 0.05) is 18.1 Å². The van der Waals surface area contributed by atoms with Gasteiger partial charge in [-0.2, -0.15) is 0 Å². The highest BCUT2D eigenvalue weighted by Gasteiger charge is 2.23. The lowest BCUT2D eigenvalue weighted by atomic mass is 9.86. The monoisotopic (exact) mass is 364 g/mol. The van der Waals surface area contributed by atoms with Gasteiger partial charge in [-0.15, -0.1) is 0 Å². The summed E-state index contributed by atoms with van der Waals surface area (Å²) in [5, 5.41) is 24.3. The second-order valence-electron chi connectivity index (χ2n) is 6.20. The predicted octanol–water partition coefficient (Wildman–Crippen LogP) is 4.57. The van der Waals surface area contributed by atoms with E-state index in [1.165, 1.54) is 12.1 Å². The van der Waals surface area contributed by atoms with Crippen LogP contribution in [0.25, 0.3) is 10.8 Å². The first kappa shape index (κ1) is 18.2. The van der Waals surface area contributed by atoms with Gasteiger partial charge in [0.2, 0.25) is 0 Å². The zero-order valence-corrected chi connectivity index (χ0v) is 14.3. The van der Waals surface area contributed by atoms with Gasteiger partial charge in [-0.1, -0.05) is 42.5 Å². The number of nitro benzene ring substituents is 2. The molecule has 0 aliphatic carbocycles. The number of non-ortho nitro benzene ring substituents is 1. The molecule has 3 aromatic carbocycles. The quantitative estimate of drug-likeness (QED) is 0.347. The number of fused-ring (bicyclic) bond motifs is 1. The van der Waals surface area contributed by atoms with E-state index in [4.69, 9.17) is 0 Å². The molecule has 0 amide bonds. The molecule has 0 N–H and O–H groups in total. The first-order valence-corrected chi connectivity index (χ1v) is 8.34. The van der Waals surface area contributed by atoms with Crippen LogP contribution in [0.4, 0.5) is 11.4 Å². The highest BCUT2D eigenvalue weighted by atomic mass is 16.6. The zero-order chi connectivity index (χ0) is 19.4. The van der Waals surface area contributed by atoms with E-state index < -0.39 is 9.85 Å². The van der Waals surface area contributed by atoms with Crippen molar-refractivity contribution >= 4 is 28.4 Å². The van der Waals surface area contributed by atoms with Crippen LogP contribution in [0.3, 0.4) is 0 Å². The number of hydrogen-bond acceptors (Lipinski definition) is 5. The van der Waals surface area contributed by atoms with Gasteiger partial charge in [-0.25, -0.2) is 0 Å². The molecule has 0 aromatic heterocycles. The third-order valence-electron chi connectivity index (χ3n) is 4.59. The Morgan fingerprint density at radius 2 is 1.67 bits per heavy atom. The zero-order valence-electron chi connectivity index (χ0n) is 14.3. The SMILES string of the molecule is O=CC[C@H](Cc1ccc([N+](=O)[O-])cc1[N+](=O)[O-])c1cccc2ccccc12. The van der Waals surface area contributed by atoms with Crippen molar-refractivity contribution in [2.75, 3.05) is 0 Å². The van der Waals surface area contributed by atoms with Crippen LogP contribution in [-0.2, 0) is 11.2 Å². The van der Waals surface area contributed by atoms with Crippen molar-refractivity contribution in [2.45, 2.75) is 18.8 Å². The summed E-state index contributed by atoms with van der Waals surface area (Å²) in [6, 6.07) is 17.1. The summed E-state index contributed by atoms with van der Waals surface area (Å²) in [7, 11) is 0. The van der Waals surface area contributed by atoms with Crippen molar-refractivity contribution in [1.82, 2.24) is 0 Å². The first-order chi connectivity index (χ1) is 13.0. The predicted molar refractivity (Wildman–Crippen MR) is 101 cm³/mol. The summed E-state index contributed by atoms with van der Waals surface area (Å²) in [5.74, 6) is -0.270. The largest absolute Gasteiger partial charge is 0.303 e. The Bertz CT molecular complexity index is 1030. The average molecular weight is 364 g/mol. The second kappa shape index (κ2) is 7.74. The lowest BCUT2D eigenvalue weighted by molar-refractivity contribution is -0.394. The molecule has 0 saturated heterocycles. The van der Waals surface area contributed by atoms with Gasteiger partial charge in [-0.05, 0) is 34.7 Å². The molecule has 0 aliphatic rings. The molecular formula is C20H16N2O5. The number of aldehydes is 1. The Morgan fingerprint density at radius 3 is 2.37 bits per heavy atom. The van der Waals surface area contributed by atoms with E-state index >= 15 is 0 Å². The van der Waals surface area contributed by atoms with Gasteiger partial charge in [0.25, 0.3) is 11.4 Å². The van der Waals surface area contributed by atoms with E-state index in [-0.39, 0.29) is 30.1 Å². The number of carbonyl (C=O) groups is 1. The smallest absolute Gasteiger partial charge is 0.279 e. The van der Waals surface area contributed by atoms with E-state index in [0.717, 1.165) is 28.7 Å². The molecule has 27 heavy (non-hydrogen) atoms. The van der Waals surface area contributed by atoms with Crippen LogP contribution >= 0.6 is 0 Å². The van der Waals surface area contributed by atoms with Crippen LogP contribution in [0.1, 0.15) is 23.5 Å². The molecule has 3 aromatic rings. The molecule has 0 saturated carbocycles. The van der Waals surface area contributed by atoms with Crippen molar-refractivity contribution in [3.8, 4) is 0 Å². The third kappa shape index (κ3) is 3.82. The summed E-state index contributed by atoms with van der Waals surface area (Å²) >= 11 is 0. The standard InChI is InChI=1S/C20H16N2O5/c23-11-10-15(19-7-3-5-14-4-1-2-6-18(14)19)12-16-8-9-17(21(24)25)13-20(16)22(26)27/h1-9,11,13,15H,10,12H2/t15-/m1/s1. The lowest BCUT2D eigenvalue weighted by Gasteiger charge is -2.17. The molecule has 0 spiro atoms. The number of carbonyl (C=O) groups excluding carboxylic acids is 1. The van der Waals surface area contributed by atoms with Crippen molar-refractivity contribution in [1.29, 1.82) is 0 Å². The fraction of sp³-hybridized carbons (Fsp3) is 0.150. The summed E-state index contributed by atoms with van der Waals surface area (Å²) in [5.41, 5.74) is 0.654. The number of benzene rings is 3. The van der Waals surface area contributed by atoms with E-state index in [0.29, 0.717) is 5.56 Å². The van der Waals surface area contributed by atoms with Crippen molar-refractivity contribution < 1.29 is 14.6 Å². The summed E-state index contributed by atoms with van der Waals surface area (Å²) in [4.78, 5) is 32.3. The van der Waals surface area contributed by atoms with Crippen LogP contribution in [0.5, 0.6) is 0 Å². The van der Waals surface area contributed by atoms with Gasteiger partial charge in [0.15, 0.2) is 0 Å². The summed E-state index contributed by atoms with van der Waals surface area (Å²) in [6.07, 6.45) is 1.23. The maximum Gasteiger partial charge on any atom is 0.279 e. The molecule has 0 unspecified atom stereocenters. The Hall–Kier alpha value is -3.61. The maximum atomic E-state index is 11.4. The molecule has 7 heteroatoms. The third-order valence-corrected chi connectivity index (χ3v) is 4.59. The molecule has 7 nitrogen and oxygen atoms in total. The minimum atomic E-state index is -0.662. The Morgan fingerprint density at radius 1 is 0.926 bits per heavy atom. The van der Waals surface area contributed by atoms with E-state index in [9.17, 15) is 25.0 Å². The minimum absolute atomic E-state index is 0.197. The minimum Gasteiger partial charge on any atom is -0.303 e. The van der Waals surface area contributed by atoms with Crippen LogP contribution < -0.4 is 0 Å². The van der Waals surface area contributed by atoms with Crippen LogP contribution in [-0.4, -0.2) is 16.1 Å². The maximum absolute atomic E-state index is 11.4. The van der Waals surface area contributed by atoms with Crippen molar-refractivity contribution in [2.24, 2.45) is 0 Å². The molecule has 0 fully saturated rings. The summed E-state index contributed by atoms with van der Waals surface area (Å²) in [6.45, 7) is 0. The van der Waals surface area contributed by atoms with Gasteiger partial charge in [0.1, 0.15) is 6.29 Å². The number of nitro groups is 2. The normalized spacial score (nSPS) is 11.9. The highest BCUT2D eigenvalue weighted by molar-refractivity contribution is 5.86. The van der Waals surface area contributed by atoms with Gasteiger partial charge < -0.3 is 4.79 Å². The van der Waals surface area contributed by atoms with Gasteiger partial charge >= 0.3 is 0 Å². The average Bonchev–Trinajstić information content (AvgIpc) is 2.67. The summed E-state index contributed by atoms with van der Waals surface area (Å²) < 4.78 is 0. The molecule has 3 rings (SSSR count). The molecular weight excluding hydrogens is 348 g/mol. The van der Waals surface area contributed by atoms with E-state index in [1.54, 1.807) is 0 Å². The highest BCUT2D eigenvalue weighted by Crippen LogP contribution is 2.34. The van der Waals surface area contributed by atoms with Gasteiger partial charge in [0.05, 0.1) is 15.9 Å². The van der Waals surface area contributed by atoms with Crippen LogP contribution in [0, 0.1) is 20.2 Å². The molecule has 0 radical (unpaired) electrons. The Kier molecular flexibility index (Phi) is 5.21. The van der Waals surface area contributed by atoms with Gasteiger partial charge in [-0.3, -0.25) is 20.2 Å². The number of nitrogens with zero attached hydrogens (tertiary/aromatic N) is 2. The molecule has 1 atom stereocenters. The lowest BCUT2D eigenvalue weighted by Crippen LogP contribution is -2.07. The van der Waals surface area contributed by atoms with Crippen LogP contribution in [0.15, 0.2) is 60.7 Å².